The molecule has 1 N–H and O–H groups in total. The second kappa shape index (κ2) is 6.76. The quantitative estimate of drug-likeness (QED) is 0.766. The van der Waals surface area contributed by atoms with E-state index < -0.39 is 0 Å². The van der Waals surface area contributed by atoms with Crippen LogP contribution in [0.2, 0.25) is 0 Å². The Bertz CT molecular complexity index is 416. The molecule has 2 saturated carbocycles. The van der Waals surface area contributed by atoms with Crippen LogP contribution in [-0.2, 0) is 6.54 Å². The van der Waals surface area contributed by atoms with Gasteiger partial charge in [0.2, 0.25) is 0 Å². The summed E-state index contributed by atoms with van der Waals surface area (Å²) in [5.74, 6) is 1.78. The molecule has 2 aliphatic carbocycles. The molecule has 1 unspecified atom stereocenters. The van der Waals surface area contributed by atoms with Gasteiger partial charge in [0, 0.05) is 12.6 Å². The van der Waals surface area contributed by atoms with E-state index in [1.807, 2.05) is 0 Å². The molecule has 1 aromatic carbocycles. The first-order chi connectivity index (χ1) is 9.88. The molecule has 1 aromatic rings. The molecule has 2 fully saturated rings. The average molecular weight is 271 g/mol. The van der Waals surface area contributed by atoms with Crippen LogP contribution in [0.15, 0.2) is 24.3 Å². The fourth-order valence-corrected chi connectivity index (χ4v) is 3.91. The Hall–Kier alpha value is -0.820. The lowest BCUT2D eigenvalue weighted by molar-refractivity contribution is 0.261. The fraction of sp³-hybridized carbons (Fsp3) is 0.684. The van der Waals surface area contributed by atoms with Gasteiger partial charge in [-0.05, 0) is 55.1 Å². The van der Waals surface area contributed by atoms with Crippen LogP contribution in [0, 0.1) is 5.92 Å². The van der Waals surface area contributed by atoms with Crippen LogP contribution in [-0.4, -0.2) is 6.04 Å². The Morgan fingerprint density at radius 1 is 1.05 bits per heavy atom. The molecule has 0 heterocycles. The molecule has 3 rings (SSSR count). The Kier molecular flexibility index (Phi) is 4.77. The van der Waals surface area contributed by atoms with Gasteiger partial charge in [-0.15, -0.1) is 0 Å². The molecule has 2 aliphatic rings. The third-order valence-electron chi connectivity index (χ3n) is 5.29. The van der Waals surface area contributed by atoms with Gasteiger partial charge < -0.3 is 5.32 Å². The van der Waals surface area contributed by atoms with Crippen molar-refractivity contribution in [1.82, 2.24) is 5.32 Å². The second-order valence-corrected chi connectivity index (χ2v) is 6.77. The maximum absolute atomic E-state index is 3.88. The van der Waals surface area contributed by atoms with Crippen molar-refractivity contribution in [3.8, 4) is 0 Å². The lowest BCUT2D eigenvalue weighted by Crippen LogP contribution is -2.36. The van der Waals surface area contributed by atoms with E-state index >= 15 is 0 Å². The SMILES string of the molecule is CCC(NCc1ccccc1C1CC1)C1CCCCC1. The van der Waals surface area contributed by atoms with E-state index in [1.165, 1.54) is 51.4 Å². The third kappa shape index (κ3) is 3.44. The summed E-state index contributed by atoms with van der Waals surface area (Å²) < 4.78 is 0. The van der Waals surface area contributed by atoms with Crippen molar-refractivity contribution in [1.29, 1.82) is 0 Å². The lowest BCUT2D eigenvalue weighted by Gasteiger charge is -2.30. The number of nitrogens with one attached hydrogen (secondary N) is 1. The van der Waals surface area contributed by atoms with Gasteiger partial charge in [-0.2, -0.15) is 0 Å². The molecule has 1 atom stereocenters. The summed E-state index contributed by atoms with van der Waals surface area (Å²) in [6.45, 7) is 3.42. The van der Waals surface area contributed by atoms with Gasteiger partial charge in [0.1, 0.15) is 0 Å². The summed E-state index contributed by atoms with van der Waals surface area (Å²) in [5.41, 5.74) is 3.16. The zero-order valence-electron chi connectivity index (χ0n) is 12.9. The molecular weight excluding hydrogens is 242 g/mol. The van der Waals surface area contributed by atoms with E-state index in [-0.39, 0.29) is 0 Å². The summed E-state index contributed by atoms with van der Waals surface area (Å²) in [6, 6.07) is 9.80. The maximum atomic E-state index is 3.88. The predicted octanol–water partition coefficient (Wildman–Crippen LogP) is 5.01. The predicted molar refractivity (Wildman–Crippen MR) is 85.9 cm³/mol. The van der Waals surface area contributed by atoms with Crippen molar-refractivity contribution in [3.63, 3.8) is 0 Å². The van der Waals surface area contributed by atoms with Gasteiger partial charge in [0.15, 0.2) is 0 Å². The van der Waals surface area contributed by atoms with Gasteiger partial charge >= 0.3 is 0 Å². The first kappa shape index (κ1) is 14.1. The first-order valence-corrected chi connectivity index (χ1v) is 8.69. The molecule has 0 spiro atoms. The molecule has 0 aliphatic heterocycles. The van der Waals surface area contributed by atoms with Crippen LogP contribution in [0.25, 0.3) is 0 Å². The minimum absolute atomic E-state index is 0.725. The Balaban J connectivity index is 1.59. The third-order valence-corrected chi connectivity index (χ3v) is 5.29. The molecule has 110 valence electrons. The van der Waals surface area contributed by atoms with Gasteiger partial charge in [-0.25, -0.2) is 0 Å². The molecule has 0 amide bonds. The molecule has 1 nitrogen and oxygen atoms in total. The van der Waals surface area contributed by atoms with E-state index in [1.54, 1.807) is 11.1 Å². The molecular formula is C19H29N. The highest BCUT2D eigenvalue weighted by Crippen LogP contribution is 2.41. The number of benzene rings is 1. The molecule has 20 heavy (non-hydrogen) atoms. The molecule has 1 heteroatoms. The topological polar surface area (TPSA) is 12.0 Å². The van der Waals surface area contributed by atoms with Crippen LogP contribution >= 0.6 is 0 Å². The van der Waals surface area contributed by atoms with Gasteiger partial charge in [-0.1, -0.05) is 50.5 Å². The highest BCUT2D eigenvalue weighted by molar-refractivity contribution is 5.33. The van der Waals surface area contributed by atoms with Gasteiger partial charge in [0.25, 0.3) is 0 Å². The van der Waals surface area contributed by atoms with Crippen LogP contribution in [0.1, 0.15) is 75.3 Å². The molecule has 0 radical (unpaired) electrons. The van der Waals surface area contributed by atoms with Crippen LogP contribution < -0.4 is 5.32 Å². The normalized spacial score (nSPS) is 21.9. The van der Waals surface area contributed by atoms with Gasteiger partial charge in [-0.3, -0.25) is 0 Å². The number of hydrogen-bond donors (Lipinski definition) is 1. The second-order valence-electron chi connectivity index (χ2n) is 6.77. The van der Waals surface area contributed by atoms with Gasteiger partial charge in [0.05, 0.1) is 0 Å². The summed E-state index contributed by atoms with van der Waals surface area (Å²) in [6.07, 6.45) is 11.3. The van der Waals surface area contributed by atoms with Crippen LogP contribution in [0.3, 0.4) is 0 Å². The minimum Gasteiger partial charge on any atom is -0.310 e. The Morgan fingerprint density at radius 2 is 1.80 bits per heavy atom. The molecule has 0 bridgehead atoms. The summed E-state index contributed by atoms with van der Waals surface area (Å²) in [4.78, 5) is 0. The largest absolute Gasteiger partial charge is 0.310 e. The molecule has 0 aromatic heterocycles. The minimum atomic E-state index is 0.725. The van der Waals surface area contributed by atoms with Crippen LogP contribution in [0.4, 0.5) is 0 Å². The zero-order chi connectivity index (χ0) is 13.8. The van der Waals surface area contributed by atoms with Crippen molar-refractivity contribution in [2.45, 2.75) is 76.8 Å². The summed E-state index contributed by atoms with van der Waals surface area (Å²) >= 11 is 0. The number of rotatable bonds is 6. The smallest absolute Gasteiger partial charge is 0.0211 e. The van der Waals surface area contributed by atoms with Crippen molar-refractivity contribution in [2.75, 3.05) is 0 Å². The van der Waals surface area contributed by atoms with Crippen LogP contribution in [0.5, 0.6) is 0 Å². The summed E-state index contributed by atoms with van der Waals surface area (Å²) in [7, 11) is 0. The van der Waals surface area contributed by atoms with Crippen molar-refractivity contribution in [2.24, 2.45) is 5.92 Å². The Labute approximate surface area is 124 Å². The highest BCUT2D eigenvalue weighted by Gasteiger charge is 2.26. The van der Waals surface area contributed by atoms with E-state index in [0.717, 1.165) is 24.4 Å². The van der Waals surface area contributed by atoms with Crippen molar-refractivity contribution in [3.05, 3.63) is 35.4 Å². The zero-order valence-corrected chi connectivity index (χ0v) is 12.9. The first-order valence-electron chi connectivity index (χ1n) is 8.69. The molecule has 0 saturated heterocycles. The van der Waals surface area contributed by atoms with Crippen molar-refractivity contribution >= 4 is 0 Å². The van der Waals surface area contributed by atoms with E-state index in [9.17, 15) is 0 Å². The van der Waals surface area contributed by atoms with E-state index in [2.05, 4.69) is 36.5 Å². The van der Waals surface area contributed by atoms with E-state index in [0.29, 0.717) is 0 Å². The lowest BCUT2D eigenvalue weighted by atomic mass is 9.83. The fourth-order valence-electron chi connectivity index (χ4n) is 3.91. The number of hydrogen-bond acceptors (Lipinski definition) is 1. The highest BCUT2D eigenvalue weighted by atomic mass is 14.9. The average Bonchev–Trinajstić information content (AvgIpc) is 3.34. The Morgan fingerprint density at radius 3 is 2.50 bits per heavy atom. The standard InChI is InChI=1S/C19H29N/c1-2-19(16-8-4-3-5-9-16)20-14-17-10-6-7-11-18(17)15-12-13-15/h6-7,10-11,15-16,19-20H,2-5,8-9,12-14H2,1H3. The monoisotopic (exact) mass is 271 g/mol. The maximum Gasteiger partial charge on any atom is 0.0211 e. The van der Waals surface area contributed by atoms with E-state index in [4.69, 9.17) is 0 Å². The van der Waals surface area contributed by atoms with Crippen molar-refractivity contribution < 1.29 is 0 Å². The summed E-state index contributed by atoms with van der Waals surface area (Å²) in [5, 5.41) is 3.88.